The number of hydrogen-bond acceptors (Lipinski definition) is 6. The van der Waals surface area contributed by atoms with Gasteiger partial charge in [-0.2, -0.15) is 0 Å². The van der Waals surface area contributed by atoms with Gasteiger partial charge in [0.2, 0.25) is 0 Å². The van der Waals surface area contributed by atoms with Crippen molar-refractivity contribution in [2.45, 2.75) is 31.4 Å². The summed E-state index contributed by atoms with van der Waals surface area (Å²) in [5, 5.41) is 2.82. The van der Waals surface area contributed by atoms with E-state index in [9.17, 15) is 9.59 Å². The number of rotatable bonds is 5. The number of fused-ring (bicyclic) bond motifs is 1. The van der Waals surface area contributed by atoms with Crippen molar-refractivity contribution in [2.24, 2.45) is 0 Å². The number of methoxy groups -OCH3 is 1. The summed E-state index contributed by atoms with van der Waals surface area (Å²) in [5.74, 6) is -0.0188. The third kappa shape index (κ3) is 3.70. The number of anilines is 1. The van der Waals surface area contributed by atoms with E-state index in [0.29, 0.717) is 36.9 Å². The van der Waals surface area contributed by atoms with Gasteiger partial charge in [0.15, 0.2) is 0 Å². The molecule has 31 heavy (non-hydrogen) atoms. The van der Waals surface area contributed by atoms with Gasteiger partial charge in [0.25, 0.3) is 11.5 Å². The molecule has 0 bridgehead atoms. The fourth-order valence-corrected chi connectivity index (χ4v) is 3.94. The van der Waals surface area contributed by atoms with Crippen LogP contribution in [0.25, 0.3) is 5.65 Å². The van der Waals surface area contributed by atoms with Gasteiger partial charge in [-0.25, -0.2) is 4.98 Å². The number of nitrogens with one attached hydrogen (secondary N) is 1. The molecule has 2 fully saturated rings. The van der Waals surface area contributed by atoms with Crippen LogP contribution >= 0.6 is 0 Å². The second kappa shape index (κ2) is 8.16. The van der Waals surface area contributed by atoms with Crippen molar-refractivity contribution in [1.29, 1.82) is 0 Å². The Balaban J connectivity index is 1.44. The molecule has 0 radical (unpaired) electrons. The number of carbonyl (C=O) groups is 1. The standard InChI is InChI=1S/C22H24N4O5/c1-29-18-10-20-23-17(19-13-30-8-9-31-19)12-25(20)11-16(18)24-21(27)15-6-3-7-26(22(15)28)14-4-2-5-14/h3,6-7,10-12,14,19H,2,4-5,8-9,13H2,1H3,(H,24,27). The number of imidazole rings is 1. The Morgan fingerprint density at radius 3 is 2.87 bits per heavy atom. The quantitative estimate of drug-likeness (QED) is 0.676. The van der Waals surface area contributed by atoms with Crippen molar-refractivity contribution in [3.05, 3.63) is 58.4 Å². The lowest BCUT2D eigenvalue weighted by molar-refractivity contribution is -0.0916. The zero-order chi connectivity index (χ0) is 21.4. The Morgan fingerprint density at radius 2 is 2.16 bits per heavy atom. The van der Waals surface area contributed by atoms with Crippen LogP contribution in [0.1, 0.15) is 47.5 Å². The molecular weight excluding hydrogens is 400 g/mol. The summed E-state index contributed by atoms with van der Waals surface area (Å²) >= 11 is 0. The Bertz CT molecular complexity index is 1170. The van der Waals surface area contributed by atoms with Crippen molar-refractivity contribution in [1.82, 2.24) is 14.0 Å². The molecule has 5 rings (SSSR count). The highest BCUT2D eigenvalue weighted by molar-refractivity contribution is 6.04. The van der Waals surface area contributed by atoms with E-state index in [0.717, 1.165) is 25.0 Å². The Hall–Kier alpha value is -3.17. The summed E-state index contributed by atoms with van der Waals surface area (Å²) in [4.78, 5) is 30.3. The summed E-state index contributed by atoms with van der Waals surface area (Å²) in [6.45, 7) is 1.56. The van der Waals surface area contributed by atoms with E-state index in [-0.39, 0.29) is 23.3 Å². The molecule has 0 aromatic carbocycles. The zero-order valence-electron chi connectivity index (χ0n) is 17.2. The molecular formula is C22H24N4O5. The van der Waals surface area contributed by atoms with Crippen molar-refractivity contribution < 1.29 is 19.0 Å². The van der Waals surface area contributed by atoms with Gasteiger partial charge in [-0.15, -0.1) is 0 Å². The third-order valence-electron chi connectivity index (χ3n) is 5.87. The molecule has 1 saturated carbocycles. The lowest BCUT2D eigenvalue weighted by atomic mass is 9.92. The SMILES string of the molecule is COc1cc2nc(C3COCCO3)cn2cc1NC(=O)c1cccn(C2CCC2)c1=O. The zero-order valence-corrected chi connectivity index (χ0v) is 17.2. The van der Waals surface area contributed by atoms with Gasteiger partial charge < -0.3 is 28.5 Å². The van der Waals surface area contributed by atoms with Gasteiger partial charge in [0.1, 0.15) is 28.8 Å². The number of carbonyl (C=O) groups excluding carboxylic acids is 1. The first-order valence-corrected chi connectivity index (χ1v) is 10.4. The molecule has 1 saturated heterocycles. The molecule has 1 unspecified atom stereocenters. The van der Waals surface area contributed by atoms with Gasteiger partial charge >= 0.3 is 0 Å². The number of amides is 1. The minimum Gasteiger partial charge on any atom is -0.494 e. The molecule has 4 heterocycles. The first kappa shape index (κ1) is 19.8. The minimum atomic E-state index is -0.472. The maximum Gasteiger partial charge on any atom is 0.263 e. The van der Waals surface area contributed by atoms with Gasteiger partial charge in [-0.1, -0.05) is 0 Å². The number of aromatic nitrogens is 3. The molecule has 1 aliphatic carbocycles. The van der Waals surface area contributed by atoms with Gasteiger partial charge in [-0.05, 0) is 31.4 Å². The van der Waals surface area contributed by atoms with Gasteiger partial charge in [0.05, 0.1) is 32.6 Å². The summed E-state index contributed by atoms with van der Waals surface area (Å²) in [5.41, 5.74) is 1.69. The van der Waals surface area contributed by atoms with Crippen LogP contribution < -0.4 is 15.6 Å². The monoisotopic (exact) mass is 424 g/mol. The van der Waals surface area contributed by atoms with E-state index in [1.807, 2.05) is 6.20 Å². The van der Waals surface area contributed by atoms with E-state index >= 15 is 0 Å². The van der Waals surface area contributed by atoms with Crippen LogP contribution in [0.3, 0.4) is 0 Å². The molecule has 9 heteroatoms. The molecule has 1 aliphatic heterocycles. The maximum atomic E-state index is 12.9. The van der Waals surface area contributed by atoms with E-state index in [2.05, 4.69) is 10.3 Å². The van der Waals surface area contributed by atoms with Crippen molar-refractivity contribution in [2.75, 3.05) is 32.2 Å². The first-order valence-electron chi connectivity index (χ1n) is 10.4. The smallest absolute Gasteiger partial charge is 0.263 e. The first-order chi connectivity index (χ1) is 15.1. The third-order valence-corrected chi connectivity index (χ3v) is 5.87. The number of pyridine rings is 2. The number of hydrogen-bond donors (Lipinski definition) is 1. The maximum absolute atomic E-state index is 12.9. The van der Waals surface area contributed by atoms with Crippen LogP contribution in [0.4, 0.5) is 5.69 Å². The lowest BCUT2D eigenvalue weighted by Crippen LogP contribution is -2.33. The normalized spacial score (nSPS) is 19.2. The highest BCUT2D eigenvalue weighted by atomic mass is 16.6. The Morgan fingerprint density at radius 1 is 1.29 bits per heavy atom. The van der Waals surface area contributed by atoms with Crippen LogP contribution in [0.15, 0.2) is 41.6 Å². The average molecular weight is 424 g/mol. The van der Waals surface area contributed by atoms with E-state index in [1.165, 1.54) is 7.11 Å². The Kier molecular flexibility index (Phi) is 5.21. The molecule has 0 spiro atoms. The second-order valence-corrected chi connectivity index (χ2v) is 7.79. The van der Waals surface area contributed by atoms with Crippen molar-refractivity contribution in [3.63, 3.8) is 0 Å². The topological polar surface area (TPSA) is 96.1 Å². The van der Waals surface area contributed by atoms with Crippen LogP contribution in [0, 0.1) is 0 Å². The van der Waals surface area contributed by atoms with Gasteiger partial charge in [-0.3, -0.25) is 9.59 Å². The van der Waals surface area contributed by atoms with Crippen LogP contribution in [-0.2, 0) is 9.47 Å². The number of nitrogens with zero attached hydrogens (tertiary/aromatic N) is 3. The second-order valence-electron chi connectivity index (χ2n) is 7.79. The summed E-state index contributed by atoms with van der Waals surface area (Å²) < 4.78 is 20.1. The summed E-state index contributed by atoms with van der Waals surface area (Å²) in [7, 11) is 1.52. The van der Waals surface area contributed by atoms with E-state index < -0.39 is 5.91 Å². The number of ether oxygens (including phenoxy) is 3. The van der Waals surface area contributed by atoms with Crippen molar-refractivity contribution in [3.8, 4) is 5.75 Å². The fourth-order valence-electron chi connectivity index (χ4n) is 3.94. The Labute approximate surface area is 178 Å². The predicted octanol–water partition coefficient (Wildman–Crippen LogP) is 2.57. The largest absolute Gasteiger partial charge is 0.494 e. The minimum absolute atomic E-state index is 0.107. The van der Waals surface area contributed by atoms with Gasteiger partial charge in [0, 0.05) is 30.7 Å². The molecule has 1 N–H and O–H groups in total. The highest BCUT2D eigenvalue weighted by Gasteiger charge is 2.24. The van der Waals surface area contributed by atoms with E-state index in [4.69, 9.17) is 14.2 Å². The molecule has 162 valence electrons. The van der Waals surface area contributed by atoms with Crippen molar-refractivity contribution >= 4 is 17.2 Å². The molecule has 2 aliphatic rings. The van der Waals surface area contributed by atoms with Crippen LogP contribution in [-0.4, -0.2) is 46.8 Å². The predicted molar refractivity (Wildman–Crippen MR) is 113 cm³/mol. The lowest BCUT2D eigenvalue weighted by Gasteiger charge is -2.27. The molecule has 9 nitrogen and oxygen atoms in total. The van der Waals surface area contributed by atoms with Crippen LogP contribution in [0.2, 0.25) is 0 Å². The molecule has 1 atom stereocenters. The molecule has 3 aromatic heterocycles. The summed E-state index contributed by atoms with van der Waals surface area (Å²) in [6, 6.07) is 5.21. The molecule has 3 aromatic rings. The van der Waals surface area contributed by atoms with Crippen LogP contribution in [0.5, 0.6) is 5.75 Å². The fraction of sp³-hybridized carbons (Fsp3) is 0.409. The average Bonchev–Trinajstić information content (AvgIpc) is 3.17. The molecule has 1 amide bonds. The summed E-state index contributed by atoms with van der Waals surface area (Å²) in [6.07, 6.45) is 8.12. The van der Waals surface area contributed by atoms with E-state index in [1.54, 1.807) is 39.6 Å². The highest BCUT2D eigenvalue weighted by Crippen LogP contribution is 2.31.